The van der Waals surface area contributed by atoms with Crippen LogP contribution < -0.4 is 10.2 Å². The zero-order valence-electron chi connectivity index (χ0n) is 12.4. The summed E-state index contributed by atoms with van der Waals surface area (Å²) in [5.74, 6) is -0.462. The summed E-state index contributed by atoms with van der Waals surface area (Å²) in [6.07, 6.45) is 0.551. The van der Waals surface area contributed by atoms with E-state index in [0.717, 1.165) is 5.56 Å². The van der Waals surface area contributed by atoms with Crippen molar-refractivity contribution in [1.29, 1.82) is 0 Å². The molecule has 1 fully saturated rings. The Morgan fingerprint density at radius 3 is 2.83 bits per heavy atom. The minimum Gasteiger partial charge on any atom is -0.350 e. The molecule has 0 aliphatic carbocycles. The van der Waals surface area contributed by atoms with Crippen LogP contribution in [0.2, 0.25) is 0 Å². The third-order valence-electron chi connectivity index (χ3n) is 3.83. The lowest BCUT2D eigenvalue weighted by molar-refractivity contribution is -0.118. The number of anilines is 1. The fourth-order valence-electron chi connectivity index (χ4n) is 2.68. The molecule has 2 heterocycles. The van der Waals surface area contributed by atoms with Gasteiger partial charge < -0.3 is 5.32 Å². The molecule has 2 aromatic carbocycles. The molecule has 4 nitrogen and oxygen atoms in total. The second-order valence-electron chi connectivity index (χ2n) is 5.47. The van der Waals surface area contributed by atoms with Crippen LogP contribution in [0, 0.1) is 5.82 Å². The number of hydrogen-bond acceptors (Lipinski definition) is 4. The van der Waals surface area contributed by atoms with E-state index in [2.05, 4.69) is 10.3 Å². The first-order chi connectivity index (χ1) is 11.6. The molecule has 0 radical (unpaired) electrons. The molecular weight excluding hydrogens is 345 g/mol. The van der Waals surface area contributed by atoms with Crippen molar-refractivity contribution >= 4 is 49.9 Å². The lowest BCUT2D eigenvalue weighted by Gasteiger charge is -2.10. The number of thiocarbonyl (C=S) groups is 1. The Bertz CT molecular complexity index is 941. The number of halogens is 1. The van der Waals surface area contributed by atoms with Crippen LogP contribution in [0.5, 0.6) is 0 Å². The van der Waals surface area contributed by atoms with Crippen molar-refractivity contribution in [3.63, 3.8) is 0 Å². The van der Waals surface area contributed by atoms with E-state index in [0.29, 0.717) is 26.9 Å². The summed E-state index contributed by atoms with van der Waals surface area (Å²) >= 11 is 6.56. The maximum Gasteiger partial charge on any atom is 0.258 e. The molecule has 3 aromatic rings. The monoisotopic (exact) mass is 357 g/mol. The molecule has 1 N–H and O–H groups in total. The number of carbonyl (C=O) groups is 1. The summed E-state index contributed by atoms with van der Waals surface area (Å²) in [5, 5.41) is 3.86. The molecule has 1 amide bonds. The van der Waals surface area contributed by atoms with E-state index < -0.39 is 6.04 Å². The fraction of sp³-hybridized carbons (Fsp3) is 0.118. The van der Waals surface area contributed by atoms with Crippen molar-refractivity contribution in [2.45, 2.75) is 12.5 Å². The number of hydrogen-bond donors (Lipinski definition) is 1. The molecule has 1 saturated heterocycles. The number of carbonyl (C=O) groups excluding carboxylic acids is 1. The summed E-state index contributed by atoms with van der Waals surface area (Å²) in [7, 11) is 0. The summed E-state index contributed by atoms with van der Waals surface area (Å²) in [6.45, 7) is 0. The van der Waals surface area contributed by atoms with Gasteiger partial charge in [0.1, 0.15) is 11.9 Å². The van der Waals surface area contributed by atoms with Crippen LogP contribution in [0.1, 0.15) is 5.56 Å². The van der Waals surface area contributed by atoms with Gasteiger partial charge in [0.25, 0.3) is 5.91 Å². The van der Waals surface area contributed by atoms with Gasteiger partial charge >= 0.3 is 0 Å². The number of aromatic nitrogens is 1. The first-order valence-corrected chi connectivity index (χ1v) is 8.59. The van der Waals surface area contributed by atoms with Gasteiger partial charge in [-0.25, -0.2) is 14.3 Å². The van der Waals surface area contributed by atoms with Crippen molar-refractivity contribution in [1.82, 2.24) is 10.3 Å². The van der Waals surface area contributed by atoms with Gasteiger partial charge in [0.15, 0.2) is 10.2 Å². The molecule has 0 spiro atoms. The Balaban J connectivity index is 1.63. The Morgan fingerprint density at radius 1 is 1.25 bits per heavy atom. The van der Waals surface area contributed by atoms with Crippen LogP contribution in [0.3, 0.4) is 0 Å². The number of benzene rings is 2. The third-order valence-corrected chi connectivity index (χ3v) is 5.14. The zero-order chi connectivity index (χ0) is 16.7. The van der Waals surface area contributed by atoms with Crippen LogP contribution >= 0.6 is 23.6 Å². The Hall–Kier alpha value is -2.38. The first-order valence-electron chi connectivity index (χ1n) is 7.36. The number of thiazole rings is 1. The van der Waals surface area contributed by atoms with E-state index in [4.69, 9.17) is 12.2 Å². The lowest BCUT2D eigenvalue weighted by Crippen LogP contribution is -2.32. The summed E-state index contributed by atoms with van der Waals surface area (Å²) in [6, 6.07) is 13.7. The number of amides is 1. The van der Waals surface area contributed by atoms with Gasteiger partial charge in [-0.2, -0.15) is 0 Å². The molecule has 120 valence electrons. The highest BCUT2D eigenvalue weighted by atomic mass is 32.1. The predicted octanol–water partition coefficient (Wildman–Crippen LogP) is 3.27. The first kappa shape index (κ1) is 15.2. The van der Waals surface area contributed by atoms with Crippen LogP contribution in [0.4, 0.5) is 9.52 Å². The predicted molar refractivity (Wildman–Crippen MR) is 96.7 cm³/mol. The number of fused-ring (bicyclic) bond motifs is 1. The lowest BCUT2D eigenvalue weighted by atomic mass is 10.1. The maximum atomic E-state index is 13.3. The van der Waals surface area contributed by atoms with Gasteiger partial charge in [-0.3, -0.25) is 4.79 Å². The van der Waals surface area contributed by atoms with Gasteiger partial charge in [-0.05, 0) is 36.0 Å². The van der Waals surface area contributed by atoms with E-state index in [1.54, 1.807) is 6.07 Å². The molecule has 1 aliphatic rings. The minimum atomic E-state index is -0.413. The fourth-order valence-corrected chi connectivity index (χ4v) is 4.06. The van der Waals surface area contributed by atoms with Crippen molar-refractivity contribution in [3.8, 4) is 0 Å². The van der Waals surface area contributed by atoms with E-state index in [9.17, 15) is 9.18 Å². The molecule has 24 heavy (non-hydrogen) atoms. The third kappa shape index (κ3) is 2.65. The quantitative estimate of drug-likeness (QED) is 0.731. The highest BCUT2D eigenvalue weighted by molar-refractivity contribution is 7.80. The summed E-state index contributed by atoms with van der Waals surface area (Å²) in [4.78, 5) is 18.5. The molecule has 1 aromatic heterocycles. The molecule has 1 atom stereocenters. The van der Waals surface area contributed by atoms with Crippen molar-refractivity contribution in [3.05, 3.63) is 59.9 Å². The van der Waals surface area contributed by atoms with Gasteiger partial charge in [-0.15, -0.1) is 0 Å². The standard InChI is InChI=1S/C17H12FN3OS2/c18-11-6-7-12-14(9-11)24-17(20-12)21-15(22)13(19-16(21)23)8-10-4-2-1-3-5-10/h1-7,9,13H,8H2,(H,19,23). The van der Waals surface area contributed by atoms with Crippen LogP contribution in [0.25, 0.3) is 10.2 Å². The van der Waals surface area contributed by atoms with Gasteiger partial charge in [0.05, 0.1) is 10.2 Å². The Kier molecular flexibility index (Phi) is 3.74. The maximum absolute atomic E-state index is 13.3. The zero-order valence-corrected chi connectivity index (χ0v) is 14.0. The number of nitrogens with one attached hydrogen (secondary N) is 1. The van der Waals surface area contributed by atoms with Crippen molar-refractivity contribution in [2.75, 3.05) is 4.90 Å². The second kappa shape index (κ2) is 5.92. The van der Waals surface area contributed by atoms with Gasteiger partial charge in [-0.1, -0.05) is 41.7 Å². The van der Waals surface area contributed by atoms with E-state index >= 15 is 0 Å². The molecule has 0 bridgehead atoms. The molecule has 1 unspecified atom stereocenters. The largest absolute Gasteiger partial charge is 0.350 e. The summed E-state index contributed by atoms with van der Waals surface area (Å²) in [5.41, 5.74) is 1.71. The molecule has 1 aliphatic heterocycles. The highest BCUT2D eigenvalue weighted by Gasteiger charge is 2.38. The average molecular weight is 357 g/mol. The second-order valence-corrected chi connectivity index (χ2v) is 6.87. The smallest absolute Gasteiger partial charge is 0.258 e. The van der Waals surface area contributed by atoms with Crippen LogP contribution in [0.15, 0.2) is 48.5 Å². The Morgan fingerprint density at radius 2 is 2.04 bits per heavy atom. The summed E-state index contributed by atoms with van der Waals surface area (Å²) < 4.78 is 14.0. The molecule has 4 rings (SSSR count). The van der Waals surface area contributed by atoms with Gasteiger partial charge in [0.2, 0.25) is 0 Å². The molecule has 0 saturated carbocycles. The number of rotatable bonds is 3. The highest BCUT2D eigenvalue weighted by Crippen LogP contribution is 2.31. The topological polar surface area (TPSA) is 45.2 Å². The normalized spacial score (nSPS) is 17.5. The van der Waals surface area contributed by atoms with E-state index in [1.807, 2.05) is 30.3 Å². The van der Waals surface area contributed by atoms with E-state index in [-0.39, 0.29) is 11.7 Å². The van der Waals surface area contributed by atoms with Gasteiger partial charge in [0, 0.05) is 6.42 Å². The van der Waals surface area contributed by atoms with Crippen LogP contribution in [-0.4, -0.2) is 22.0 Å². The average Bonchev–Trinajstić information content (AvgIpc) is 3.08. The SMILES string of the molecule is O=C1C(Cc2ccccc2)NC(=S)N1c1nc2ccc(F)cc2s1. The van der Waals surface area contributed by atoms with Crippen molar-refractivity contribution < 1.29 is 9.18 Å². The van der Waals surface area contributed by atoms with Crippen LogP contribution in [-0.2, 0) is 11.2 Å². The Labute approximate surface area is 146 Å². The van der Waals surface area contributed by atoms with E-state index in [1.165, 1.54) is 28.4 Å². The minimum absolute atomic E-state index is 0.136. The molecule has 7 heteroatoms. The molecular formula is C17H12FN3OS2. The number of nitrogens with zero attached hydrogens (tertiary/aromatic N) is 2. The van der Waals surface area contributed by atoms with Crippen molar-refractivity contribution in [2.24, 2.45) is 0 Å².